The summed E-state index contributed by atoms with van der Waals surface area (Å²) in [4.78, 5) is 27.2. The predicted molar refractivity (Wildman–Crippen MR) is 108 cm³/mol. The average Bonchev–Trinajstić information content (AvgIpc) is 3.42. The van der Waals surface area contributed by atoms with Crippen LogP contribution in [0.2, 0.25) is 0 Å². The Morgan fingerprint density at radius 2 is 2.11 bits per heavy atom. The highest BCUT2D eigenvalue weighted by molar-refractivity contribution is 7.15. The minimum atomic E-state index is -0.186. The van der Waals surface area contributed by atoms with Gasteiger partial charge >= 0.3 is 0 Å². The lowest BCUT2D eigenvalue weighted by molar-refractivity contribution is -0.117. The largest absolute Gasteiger partial charge is 0.311 e. The number of carbonyl (C=O) groups excluding carboxylic acids is 2. The third-order valence-corrected chi connectivity index (χ3v) is 6.41. The summed E-state index contributed by atoms with van der Waals surface area (Å²) in [7, 11) is 0. The van der Waals surface area contributed by atoms with Crippen molar-refractivity contribution in [2.75, 3.05) is 16.8 Å². The molecule has 3 aromatic rings. The molecule has 0 radical (unpaired) electrons. The van der Waals surface area contributed by atoms with Gasteiger partial charge in [-0.2, -0.15) is 0 Å². The number of thiophene rings is 1. The van der Waals surface area contributed by atoms with Crippen LogP contribution < -0.4 is 10.2 Å². The highest BCUT2D eigenvalue weighted by Crippen LogP contribution is 2.35. The fourth-order valence-electron chi connectivity index (χ4n) is 3.20. The monoisotopic (exact) mass is 398 g/mol. The predicted octanol–water partition coefficient (Wildman–Crippen LogP) is 3.93. The van der Waals surface area contributed by atoms with Crippen molar-refractivity contribution in [3.05, 3.63) is 57.2 Å². The van der Waals surface area contributed by atoms with Crippen LogP contribution >= 0.6 is 22.7 Å². The van der Waals surface area contributed by atoms with Gasteiger partial charge in [0.25, 0.3) is 5.91 Å². The topological polar surface area (TPSA) is 75.2 Å². The number of aryl methyl sites for hydroxylation is 1. The van der Waals surface area contributed by atoms with Gasteiger partial charge in [0, 0.05) is 24.6 Å². The van der Waals surface area contributed by atoms with Gasteiger partial charge in [0.1, 0.15) is 5.01 Å². The standard InChI is InChI=1S/C19H18N4O2S2/c1-2-12-6-3-4-7-14(12)23-11-13(10-16(23)24)18-21-22-19(27-18)20-17(25)15-8-5-9-26-15/h3-9,13H,2,10-11H2,1H3,(H,20,22,25)/t13-/m0/s1. The van der Waals surface area contributed by atoms with Gasteiger partial charge in [-0.15, -0.1) is 21.5 Å². The van der Waals surface area contributed by atoms with Crippen LogP contribution in [0.15, 0.2) is 41.8 Å². The van der Waals surface area contributed by atoms with Gasteiger partial charge in [-0.3, -0.25) is 14.9 Å². The Balaban J connectivity index is 1.48. The van der Waals surface area contributed by atoms with E-state index in [2.05, 4.69) is 28.5 Å². The van der Waals surface area contributed by atoms with Gasteiger partial charge < -0.3 is 4.90 Å². The Kier molecular flexibility index (Phi) is 5.00. The quantitative estimate of drug-likeness (QED) is 0.706. The summed E-state index contributed by atoms with van der Waals surface area (Å²) in [6.07, 6.45) is 1.29. The van der Waals surface area contributed by atoms with Crippen molar-refractivity contribution in [2.24, 2.45) is 0 Å². The van der Waals surface area contributed by atoms with Gasteiger partial charge in [0.15, 0.2) is 0 Å². The van der Waals surface area contributed by atoms with E-state index < -0.39 is 0 Å². The van der Waals surface area contributed by atoms with E-state index in [1.165, 1.54) is 22.7 Å². The van der Waals surface area contributed by atoms with E-state index in [1.54, 1.807) is 6.07 Å². The molecule has 6 nitrogen and oxygen atoms in total. The van der Waals surface area contributed by atoms with E-state index in [4.69, 9.17) is 0 Å². The van der Waals surface area contributed by atoms with E-state index in [9.17, 15) is 9.59 Å². The van der Waals surface area contributed by atoms with Crippen molar-refractivity contribution in [3.63, 3.8) is 0 Å². The summed E-state index contributed by atoms with van der Waals surface area (Å²) >= 11 is 2.71. The second-order valence-electron chi connectivity index (χ2n) is 6.26. The molecule has 1 atom stereocenters. The third kappa shape index (κ3) is 3.63. The summed E-state index contributed by atoms with van der Waals surface area (Å²) in [5.41, 5.74) is 2.14. The number of aromatic nitrogens is 2. The molecule has 4 rings (SSSR count). The van der Waals surface area contributed by atoms with Crippen LogP contribution in [0, 0.1) is 0 Å². The number of rotatable bonds is 5. The highest BCUT2D eigenvalue weighted by Gasteiger charge is 2.34. The summed E-state index contributed by atoms with van der Waals surface area (Å²) in [6.45, 7) is 2.67. The maximum atomic E-state index is 12.6. The van der Waals surface area contributed by atoms with E-state index in [-0.39, 0.29) is 17.7 Å². The number of benzene rings is 1. The van der Waals surface area contributed by atoms with Gasteiger partial charge in [-0.1, -0.05) is 42.5 Å². The Morgan fingerprint density at radius 3 is 2.89 bits per heavy atom. The lowest BCUT2D eigenvalue weighted by Crippen LogP contribution is -2.25. The van der Waals surface area contributed by atoms with Crippen LogP contribution in [0.1, 0.15) is 39.5 Å². The number of hydrogen-bond donors (Lipinski definition) is 1. The molecule has 0 spiro atoms. The van der Waals surface area contributed by atoms with Crippen LogP contribution in [0.4, 0.5) is 10.8 Å². The van der Waals surface area contributed by atoms with Gasteiger partial charge in [-0.25, -0.2) is 0 Å². The maximum Gasteiger partial charge on any atom is 0.267 e. The molecule has 3 heterocycles. The molecule has 1 fully saturated rings. The van der Waals surface area contributed by atoms with E-state index >= 15 is 0 Å². The molecular weight excluding hydrogens is 380 g/mol. The van der Waals surface area contributed by atoms with Crippen LogP contribution in [0.25, 0.3) is 0 Å². The molecule has 27 heavy (non-hydrogen) atoms. The third-order valence-electron chi connectivity index (χ3n) is 4.54. The second kappa shape index (κ2) is 7.58. The van der Waals surface area contributed by atoms with E-state index in [0.29, 0.717) is 23.0 Å². The summed E-state index contributed by atoms with van der Waals surface area (Å²) < 4.78 is 0. The molecule has 0 aliphatic carbocycles. The number of para-hydroxylation sites is 1. The molecule has 1 saturated heterocycles. The summed E-state index contributed by atoms with van der Waals surface area (Å²) in [5.74, 6) is -0.0960. The van der Waals surface area contributed by atoms with E-state index in [1.807, 2.05) is 34.5 Å². The average molecular weight is 399 g/mol. The second-order valence-corrected chi connectivity index (χ2v) is 8.22. The first-order valence-corrected chi connectivity index (χ1v) is 10.4. The smallest absolute Gasteiger partial charge is 0.267 e. The summed E-state index contributed by atoms with van der Waals surface area (Å²) in [5, 5.41) is 14.2. The molecule has 8 heteroatoms. The van der Waals surface area contributed by atoms with Crippen molar-refractivity contribution in [3.8, 4) is 0 Å². The Morgan fingerprint density at radius 1 is 1.26 bits per heavy atom. The van der Waals surface area contributed by atoms with Crippen molar-refractivity contribution in [2.45, 2.75) is 25.7 Å². The molecule has 0 bridgehead atoms. The van der Waals surface area contributed by atoms with Crippen molar-refractivity contribution in [1.29, 1.82) is 0 Å². The number of nitrogens with one attached hydrogen (secondary N) is 1. The number of anilines is 2. The zero-order valence-corrected chi connectivity index (χ0v) is 16.3. The van der Waals surface area contributed by atoms with Crippen LogP contribution in [0.5, 0.6) is 0 Å². The lowest BCUT2D eigenvalue weighted by Gasteiger charge is -2.19. The molecule has 2 amide bonds. The normalized spacial score (nSPS) is 16.7. The Hall–Kier alpha value is -2.58. The molecule has 138 valence electrons. The zero-order chi connectivity index (χ0) is 18.8. The van der Waals surface area contributed by atoms with Crippen LogP contribution in [-0.2, 0) is 11.2 Å². The molecule has 0 unspecified atom stereocenters. The van der Waals surface area contributed by atoms with Crippen LogP contribution in [-0.4, -0.2) is 28.6 Å². The van der Waals surface area contributed by atoms with Gasteiger partial charge in [0.2, 0.25) is 11.0 Å². The Labute approximate surface area is 164 Å². The first kappa shape index (κ1) is 17.8. The van der Waals surface area contributed by atoms with Crippen LogP contribution in [0.3, 0.4) is 0 Å². The molecule has 1 N–H and O–H groups in total. The fraction of sp³-hybridized carbons (Fsp3) is 0.263. The molecule has 1 aliphatic heterocycles. The van der Waals surface area contributed by atoms with E-state index in [0.717, 1.165) is 22.7 Å². The Bertz CT molecular complexity index is 968. The molecule has 0 saturated carbocycles. The number of carbonyl (C=O) groups is 2. The molecule has 1 aromatic carbocycles. The van der Waals surface area contributed by atoms with Crippen molar-refractivity contribution in [1.82, 2.24) is 10.2 Å². The van der Waals surface area contributed by atoms with Crippen molar-refractivity contribution < 1.29 is 9.59 Å². The minimum absolute atomic E-state index is 0.00713. The molecule has 2 aromatic heterocycles. The first-order valence-electron chi connectivity index (χ1n) is 8.72. The van der Waals surface area contributed by atoms with Gasteiger partial charge in [0.05, 0.1) is 4.88 Å². The molecule has 1 aliphatic rings. The summed E-state index contributed by atoms with van der Waals surface area (Å²) in [6, 6.07) is 11.6. The lowest BCUT2D eigenvalue weighted by atomic mass is 10.1. The van der Waals surface area contributed by atoms with Gasteiger partial charge in [-0.05, 0) is 29.5 Å². The first-order chi connectivity index (χ1) is 13.2. The number of amides is 2. The minimum Gasteiger partial charge on any atom is -0.311 e. The SMILES string of the molecule is CCc1ccccc1N1C[C@@H](c2nnc(NC(=O)c3cccs3)s2)CC1=O. The number of nitrogens with zero attached hydrogens (tertiary/aromatic N) is 3. The zero-order valence-electron chi connectivity index (χ0n) is 14.7. The van der Waals surface area contributed by atoms with Crippen molar-refractivity contribution >= 4 is 45.3 Å². The molecular formula is C19H18N4O2S2. The number of hydrogen-bond acceptors (Lipinski definition) is 6. The maximum absolute atomic E-state index is 12.6. The highest BCUT2D eigenvalue weighted by atomic mass is 32.1. The fourth-order valence-corrected chi connectivity index (χ4v) is 4.64.